The summed E-state index contributed by atoms with van der Waals surface area (Å²) in [5.41, 5.74) is 20.1. The van der Waals surface area contributed by atoms with Gasteiger partial charge >= 0.3 is 0 Å². The van der Waals surface area contributed by atoms with Crippen LogP contribution in [0.2, 0.25) is 13.1 Å². The molecule has 2 heterocycles. The number of hydrogen-bond donors (Lipinski definition) is 0. The molecule has 3 heteroatoms. The summed E-state index contributed by atoms with van der Waals surface area (Å²) < 4.78 is 2.42. The van der Waals surface area contributed by atoms with Crippen LogP contribution in [0.15, 0.2) is 218 Å². The molecule has 1 aliphatic heterocycles. The summed E-state index contributed by atoms with van der Waals surface area (Å²) in [5, 5.41) is 8.12. The molecule has 0 saturated carbocycles. The van der Waals surface area contributed by atoms with Gasteiger partial charge in [0.2, 0.25) is 0 Å². The van der Waals surface area contributed by atoms with Crippen LogP contribution in [-0.2, 0) is 10.8 Å². The van der Waals surface area contributed by atoms with Gasteiger partial charge in [-0.2, -0.15) is 0 Å². The summed E-state index contributed by atoms with van der Waals surface area (Å²) in [7, 11) is -2.34. The lowest BCUT2D eigenvalue weighted by molar-refractivity contribution is 0.660. The predicted molar refractivity (Wildman–Crippen MR) is 285 cm³/mol. The average molecular weight is 873 g/mol. The molecule has 14 rings (SSSR count). The van der Waals surface area contributed by atoms with E-state index in [0.717, 1.165) is 17.1 Å². The molecule has 1 atom stereocenters. The zero-order valence-corrected chi connectivity index (χ0v) is 39.2. The second-order valence-corrected chi connectivity index (χ2v) is 24.4. The zero-order valence-electron chi connectivity index (χ0n) is 38.2. The maximum Gasteiger partial charge on any atom is 0.113 e. The smallest absolute Gasteiger partial charge is 0.113 e. The maximum atomic E-state index is 2.60. The second-order valence-electron chi connectivity index (χ2n) is 20.0. The first-order valence-corrected chi connectivity index (χ1v) is 26.8. The normalized spacial score (nSPS) is 16.7. The van der Waals surface area contributed by atoms with Crippen molar-refractivity contribution in [1.82, 2.24) is 4.57 Å². The lowest BCUT2D eigenvalue weighted by atomic mass is 9.59. The molecule has 0 amide bonds. The predicted octanol–water partition coefficient (Wildman–Crippen LogP) is 15.2. The molecule has 1 aromatic heterocycles. The Labute approximate surface area is 393 Å². The van der Waals surface area contributed by atoms with Gasteiger partial charge < -0.3 is 9.47 Å². The van der Waals surface area contributed by atoms with Gasteiger partial charge in [-0.15, -0.1) is 0 Å². The molecule has 3 aliphatic rings. The van der Waals surface area contributed by atoms with Gasteiger partial charge in [-0.05, 0) is 137 Å². The van der Waals surface area contributed by atoms with E-state index in [1.165, 1.54) is 104 Å². The Kier molecular flexibility index (Phi) is 7.86. The van der Waals surface area contributed by atoms with E-state index in [9.17, 15) is 0 Å². The highest BCUT2D eigenvalue weighted by atomic mass is 28.3. The molecule has 67 heavy (non-hydrogen) atoms. The number of rotatable bonds is 4. The second kappa shape index (κ2) is 13.7. The monoisotopic (exact) mass is 872 g/mol. The van der Waals surface area contributed by atoms with Crippen LogP contribution in [0.5, 0.6) is 0 Å². The van der Waals surface area contributed by atoms with Crippen LogP contribution in [0, 0.1) is 0 Å². The number of para-hydroxylation sites is 2. The first kappa shape index (κ1) is 38.5. The van der Waals surface area contributed by atoms with Gasteiger partial charge in [-0.3, -0.25) is 0 Å². The maximum absolute atomic E-state index is 2.60. The minimum Gasteiger partial charge on any atom is -0.310 e. The summed E-state index contributed by atoms with van der Waals surface area (Å²) >= 11 is 0. The summed E-state index contributed by atoms with van der Waals surface area (Å²) in [6.07, 6.45) is 0. The van der Waals surface area contributed by atoms with Crippen molar-refractivity contribution in [2.75, 3.05) is 4.90 Å². The molecule has 1 unspecified atom stereocenters. The zero-order chi connectivity index (χ0) is 44.8. The largest absolute Gasteiger partial charge is 0.310 e. The Morgan fingerprint density at radius 3 is 1.79 bits per heavy atom. The highest BCUT2D eigenvalue weighted by Crippen LogP contribution is 2.57. The Balaban J connectivity index is 1.05. The van der Waals surface area contributed by atoms with Gasteiger partial charge in [0.25, 0.3) is 0 Å². The van der Waals surface area contributed by atoms with E-state index in [4.69, 9.17) is 0 Å². The molecule has 10 aromatic carbocycles. The van der Waals surface area contributed by atoms with Crippen molar-refractivity contribution >= 4 is 68.1 Å². The van der Waals surface area contributed by atoms with Gasteiger partial charge in [0.1, 0.15) is 8.07 Å². The summed E-state index contributed by atoms with van der Waals surface area (Å²) in [5.74, 6) is 0. The van der Waals surface area contributed by atoms with E-state index in [1.807, 2.05) is 0 Å². The van der Waals surface area contributed by atoms with Crippen LogP contribution in [0.4, 0.5) is 17.1 Å². The number of fused-ring (bicyclic) bond motifs is 14. The molecule has 0 N–H and O–H groups in total. The molecule has 0 bridgehead atoms. The molecule has 2 aliphatic carbocycles. The quantitative estimate of drug-likeness (QED) is 0.160. The minimum absolute atomic E-state index is 0.146. The van der Waals surface area contributed by atoms with E-state index in [0.29, 0.717) is 0 Å². The van der Waals surface area contributed by atoms with Crippen LogP contribution in [0.3, 0.4) is 0 Å². The van der Waals surface area contributed by atoms with Crippen molar-refractivity contribution in [2.24, 2.45) is 0 Å². The molecule has 2 nitrogen and oxygen atoms in total. The number of hydrogen-bond acceptors (Lipinski definition) is 1. The minimum atomic E-state index is -2.34. The third-order valence-electron chi connectivity index (χ3n) is 16.0. The van der Waals surface area contributed by atoms with Gasteiger partial charge in [0.05, 0.1) is 16.4 Å². The van der Waals surface area contributed by atoms with Crippen LogP contribution >= 0.6 is 0 Å². The number of nitrogens with zero attached hydrogens (tertiary/aromatic N) is 2. The summed E-state index contributed by atoms with van der Waals surface area (Å²) in [6, 6.07) is 83.1. The van der Waals surface area contributed by atoms with Crippen molar-refractivity contribution in [3.8, 4) is 27.9 Å². The third kappa shape index (κ3) is 5.04. The summed E-state index contributed by atoms with van der Waals surface area (Å²) in [4.78, 5) is 2.55. The van der Waals surface area contributed by atoms with Crippen molar-refractivity contribution in [3.05, 3.63) is 252 Å². The average Bonchev–Trinajstić information content (AvgIpc) is 3.82. The van der Waals surface area contributed by atoms with E-state index in [-0.39, 0.29) is 5.41 Å². The van der Waals surface area contributed by atoms with Crippen molar-refractivity contribution in [3.63, 3.8) is 0 Å². The molecule has 1 spiro atoms. The fraction of sp³-hybridized carbons (Fsp3) is 0.0938. The van der Waals surface area contributed by atoms with Gasteiger partial charge in [0, 0.05) is 38.9 Å². The molecule has 0 fully saturated rings. The SMILES string of the molecule is CC1(C)c2ccccc2-c2ccc(N(c3ccc4c(c3)[Si](C)(C)c3ccccc3C43c4ccccc4-c4cccc5cccc3c45)c3ccc4c(c3)c3ccccc3n4-c3ccccc3)cc21. The lowest BCUT2D eigenvalue weighted by Gasteiger charge is -2.50. The van der Waals surface area contributed by atoms with E-state index < -0.39 is 13.5 Å². The molecule has 11 aromatic rings. The highest BCUT2D eigenvalue weighted by molar-refractivity contribution is 7.01. The molecular formula is C64H48N2Si. The van der Waals surface area contributed by atoms with E-state index >= 15 is 0 Å². The van der Waals surface area contributed by atoms with Gasteiger partial charge in [-0.25, -0.2) is 0 Å². The van der Waals surface area contributed by atoms with Crippen molar-refractivity contribution < 1.29 is 0 Å². The Hall–Kier alpha value is -7.72. The fourth-order valence-electron chi connectivity index (χ4n) is 13.0. The number of benzene rings is 10. The van der Waals surface area contributed by atoms with E-state index in [2.05, 4.69) is 255 Å². The van der Waals surface area contributed by atoms with Crippen LogP contribution < -0.4 is 15.3 Å². The standard InChI is InChI=1S/C64H48N2Si/c1-63(2)52-26-11-8-22-46(52)48-35-32-44(39-57(48)63)65(43-34-37-59-51(38-43)49-24-10-14-30-58(49)66(59)42-20-6-5-7-21-42)45-33-36-55-61(40-45)67(3,4)60-31-15-13-28-54(60)64(55)53-27-12-9-23-47(53)50-25-16-18-41-19-17-29-56(64)62(41)50/h5-40H,1-4H3. The molecule has 318 valence electrons. The topological polar surface area (TPSA) is 8.17 Å². The van der Waals surface area contributed by atoms with E-state index in [1.54, 1.807) is 0 Å². The van der Waals surface area contributed by atoms with Gasteiger partial charge in [0.15, 0.2) is 0 Å². The Morgan fingerprint density at radius 2 is 0.955 bits per heavy atom. The summed E-state index contributed by atoms with van der Waals surface area (Å²) in [6.45, 7) is 9.94. The fourth-order valence-corrected chi connectivity index (χ4v) is 16.2. The number of anilines is 3. The Morgan fingerprint density at radius 1 is 0.388 bits per heavy atom. The first-order valence-electron chi connectivity index (χ1n) is 23.8. The van der Waals surface area contributed by atoms with Crippen LogP contribution in [0.1, 0.15) is 47.2 Å². The third-order valence-corrected chi connectivity index (χ3v) is 19.6. The highest BCUT2D eigenvalue weighted by Gasteiger charge is 2.52. The van der Waals surface area contributed by atoms with Crippen molar-refractivity contribution in [2.45, 2.75) is 37.8 Å². The van der Waals surface area contributed by atoms with Crippen molar-refractivity contribution in [1.29, 1.82) is 0 Å². The van der Waals surface area contributed by atoms with Crippen LogP contribution in [0.25, 0.3) is 60.5 Å². The number of aromatic nitrogens is 1. The first-order chi connectivity index (χ1) is 32.8. The molecular weight excluding hydrogens is 825 g/mol. The van der Waals surface area contributed by atoms with Gasteiger partial charge in [-0.1, -0.05) is 185 Å². The molecule has 0 saturated heterocycles. The lowest BCUT2D eigenvalue weighted by Crippen LogP contribution is -2.63. The molecule has 0 radical (unpaired) electrons. The Bertz CT molecular complexity index is 3890. The van der Waals surface area contributed by atoms with Crippen LogP contribution in [-0.4, -0.2) is 12.6 Å².